The number of rotatable bonds is 3. The van der Waals surface area contributed by atoms with E-state index < -0.39 is 17.0 Å². The monoisotopic (exact) mass is 290 g/mol. The van der Waals surface area contributed by atoms with E-state index in [2.05, 4.69) is 26.2 Å². The van der Waals surface area contributed by atoms with E-state index in [-0.39, 0.29) is 5.82 Å². The van der Waals surface area contributed by atoms with E-state index >= 15 is 0 Å². The molecule has 0 aliphatic rings. The van der Waals surface area contributed by atoms with Gasteiger partial charge in [0.2, 0.25) is 0 Å². The van der Waals surface area contributed by atoms with Crippen LogP contribution in [0.5, 0.6) is 0 Å². The first-order valence-corrected chi connectivity index (χ1v) is 5.74. The molecular formula is C11H16BrFN2O. The van der Waals surface area contributed by atoms with Gasteiger partial charge in [-0.05, 0) is 49.7 Å². The first-order valence-electron chi connectivity index (χ1n) is 4.95. The Balaban J connectivity index is 2.97. The summed E-state index contributed by atoms with van der Waals surface area (Å²) >= 11 is 3.14. The number of hydrogen-bond donors (Lipinski definition) is 2. The van der Waals surface area contributed by atoms with E-state index in [0.717, 1.165) is 0 Å². The summed E-state index contributed by atoms with van der Waals surface area (Å²) in [5.41, 5.74) is -1.68. The molecule has 90 valence electrons. The molecule has 0 bridgehead atoms. The number of pyridine rings is 1. The van der Waals surface area contributed by atoms with E-state index in [4.69, 9.17) is 0 Å². The summed E-state index contributed by atoms with van der Waals surface area (Å²) in [6.45, 7) is 6.90. The Kier molecular flexibility index (Phi) is 3.59. The van der Waals surface area contributed by atoms with Crippen LogP contribution < -0.4 is 5.32 Å². The van der Waals surface area contributed by atoms with Crippen LogP contribution in [0.25, 0.3) is 0 Å². The van der Waals surface area contributed by atoms with Crippen molar-refractivity contribution in [1.82, 2.24) is 4.98 Å². The van der Waals surface area contributed by atoms with Gasteiger partial charge in [0.1, 0.15) is 0 Å². The van der Waals surface area contributed by atoms with Crippen molar-refractivity contribution in [3.63, 3.8) is 0 Å². The minimum Gasteiger partial charge on any atom is -0.388 e. The lowest BCUT2D eigenvalue weighted by atomic mass is 9.86. The van der Waals surface area contributed by atoms with Gasteiger partial charge in [0.25, 0.3) is 0 Å². The molecule has 0 aliphatic heterocycles. The van der Waals surface area contributed by atoms with Crippen LogP contribution in [-0.4, -0.2) is 21.2 Å². The number of aliphatic hydroxyl groups is 1. The second-order valence-electron chi connectivity index (χ2n) is 4.79. The zero-order valence-corrected chi connectivity index (χ0v) is 11.4. The molecule has 0 saturated heterocycles. The normalized spacial score (nSPS) is 12.7. The average molecular weight is 291 g/mol. The van der Waals surface area contributed by atoms with Crippen LogP contribution in [-0.2, 0) is 0 Å². The van der Waals surface area contributed by atoms with Gasteiger partial charge < -0.3 is 10.4 Å². The summed E-state index contributed by atoms with van der Waals surface area (Å²) in [6.07, 6.45) is 1.51. The Morgan fingerprint density at radius 1 is 1.38 bits per heavy atom. The van der Waals surface area contributed by atoms with Gasteiger partial charge in [0, 0.05) is 10.7 Å². The first-order chi connectivity index (χ1) is 7.13. The molecule has 0 saturated carbocycles. The topological polar surface area (TPSA) is 45.1 Å². The van der Waals surface area contributed by atoms with E-state index in [9.17, 15) is 9.50 Å². The van der Waals surface area contributed by atoms with Crippen molar-refractivity contribution in [1.29, 1.82) is 0 Å². The lowest BCUT2D eigenvalue weighted by Crippen LogP contribution is -2.51. The van der Waals surface area contributed by atoms with Crippen LogP contribution in [0.3, 0.4) is 0 Å². The molecule has 5 heteroatoms. The third-order valence-electron chi connectivity index (χ3n) is 2.77. The molecule has 1 aromatic rings. The van der Waals surface area contributed by atoms with Gasteiger partial charge in [-0.15, -0.1) is 0 Å². The highest BCUT2D eigenvalue weighted by Crippen LogP contribution is 2.26. The van der Waals surface area contributed by atoms with E-state index in [1.807, 2.05) is 0 Å². The summed E-state index contributed by atoms with van der Waals surface area (Å²) in [6, 6.07) is 1.33. The summed E-state index contributed by atoms with van der Waals surface area (Å²) in [5, 5.41) is 12.8. The Morgan fingerprint density at radius 2 is 1.94 bits per heavy atom. The van der Waals surface area contributed by atoms with E-state index in [0.29, 0.717) is 4.47 Å². The maximum Gasteiger partial charge on any atom is 0.166 e. The quantitative estimate of drug-likeness (QED) is 0.900. The third-order valence-corrected chi connectivity index (χ3v) is 3.20. The molecule has 1 rings (SSSR count). The summed E-state index contributed by atoms with van der Waals surface area (Å²) in [7, 11) is 0. The third kappa shape index (κ3) is 2.92. The van der Waals surface area contributed by atoms with Crippen molar-refractivity contribution in [2.45, 2.75) is 38.8 Å². The summed E-state index contributed by atoms with van der Waals surface area (Å²) < 4.78 is 14.1. The molecule has 0 aliphatic carbocycles. The van der Waals surface area contributed by atoms with E-state index in [1.54, 1.807) is 27.7 Å². The fraction of sp³-hybridized carbons (Fsp3) is 0.545. The fourth-order valence-electron chi connectivity index (χ4n) is 0.956. The van der Waals surface area contributed by atoms with Gasteiger partial charge in [-0.3, -0.25) is 0 Å². The van der Waals surface area contributed by atoms with Crippen molar-refractivity contribution in [2.24, 2.45) is 0 Å². The minimum atomic E-state index is -0.992. The van der Waals surface area contributed by atoms with Crippen LogP contribution in [0.15, 0.2) is 16.7 Å². The van der Waals surface area contributed by atoms with Gasteiger partial charge in [-0.2, -0.15) is 0 Å². The van der Waals surface area contributed by atoms with Crippen molar-refractivity contribution in [2.75, 3.05) is 5.32 Å². The highest BCUT2D eigenvalue weighted by molar-refractivity contribution is 9.10. The number of aromatic nitrogens is 1. The molecule has 0 radical (unpaired) electrons. The molecular weight excluding hydrogens is 275 g/mol. The first kappa shape index (κ1) is 13.4. The second kappa shape index (κ2) is 4.30. The molecule has 1 aromatic heterocycles. The number of nitrogens with zero attached hydrogens (tertiary/aromatic N) is 1. The molecule has 1 heterocycles. The van der Waals surface area contributed by atoms with Crippen molar-refractivity contribution < 1.29 is 9.50 Å². The highest BCUT2D eigenvalue weighted by atomic mass is 79.9. The molecule has 16 heavy (non-hydrogen) atoms. The molecule has 0 atom stereocenters. The van der Waals surface area contributed by atoms with Gasteiger partial charge in [0.05, 0.1) is 11.1 Å². The Morgan fingerprint density at radius 3 is 2.38 bits per heavy atom. The lowest BCUT2D eigenvalue weighted by Gasteiger charge is -2.38. The van der Waals surface area contributed by atoms with Crippen LogP contribution in [0.1, 0.15) is 27.7 Å². The number of anilines is 1. The molecule has 3 nitrogen and oxygen atoms in total. The molecule has 2 N–H and O–H groups in total. The van der Waals surface area contributed by atoms with Crippen LogP contribution in [0, 0.1) is 5.82 Å². The van der Waals surface area contributed by atoms with Crippen LogP contribution in [0.2, 0.25) is 0 Å². The largest absolute Gasteiger partial charge is 0.388 e. The zero-order valence-electron chi connectivity index (χ0n) is 9.81. The standard InChI is InChI=1S/C11H16BrFN2O/c1-10(2,11(3,4)16)15-9-8(13)5-7(12)6-14-9/h5-6,16H,1-4H3,(H,14,15). The second-order valence-corrected chi connectivity index (χ2v) is 5.71. The lowest BCUT2D eigenvalue weighted by molar-refractivity contribution is 0.0237. The van der Waals surface area contributed by atoms with Crippen molar-refractivity contribution in [3.05, 3.63) is 22.6 Å². The highest BCUT2D eigenvalue weighted by Gasteiger charge is 2.35. The number of hydrogen-bond acceptors (Lipinski definition) is 3. The molecule has 0 amide bonds. The predicted molar refractivity (Wildman–Crippen MR) is 65.9 cm³/mol. The SMILES string of the molecule is CC(C)(O)C(C)(C)Nc1ncc(Br)cc1F. The van der Waals surface area contributed by atoms with Crippen LogP contribution in [0.4, 0.5) is 10.2 Å². The van der Waals surface area contributed by atoms with Gasteiger partial charge in [-0.25, -0.2) is 9.37 Å². The van der Waals surface area contributed by atoms with Gasteiger partial charge in [-0.1, -0.05) is 0 Å². The van der Waals surface area contributed by atoms with Crippen LogP contribution >= 0.6 is 15.9 Å². The number of halogens is 2. The summed E-state index contributed by atoms with van der Waals surface area (Å²) in [4.78, 5) is 3.93. The van der Waals surface area contributed by atoms with Gasteiger partial charge in [0.15, 0.2) is 11.6 Å². The Bertz CT molecular complexity index is 388. The zero-order chi connectivity index (χ0) is 12.6. The molecule has 0 spiro atoms. The Labute approximate surface area is 103 Å². The average Bonchev–Trinajstić information content (AvgIpc) is 2.08. The Hall–Kier alpha value is -0.680. The molecule has 0 aromatic carbocycles. The predicted octanol–water partition coefficient (Wildman–Crippen LogP) is 2.94. The number of nitrogens with one attached hydrogen (secondary N) is 1. The molecule has 0 unspecified atom stereocenters. The summed E-state index contributed by atoms with van der Waals surface area (Å²) in [5.74, 6) is -0.318. The molecule has 0 fully saturated rings. The van der Waals surface area contributed by atoms with Gasteiger partial charge >= 0.3 is 0 Å². The maximum absolute atomic E-state index is 13.5. The van der Waals surface area contributed by atoms with E-state index in [1.165, 1.54) is 12.3 Å². The fourth-order valence-corrected chi connectivity index (χ4v) is 1.26. The van der Waals surface area contributed by atoms with Crippen molar-refractivity contribution in [3.8, 4) is 0 Å². The van der Waals surface area contributed by atoms with Crippen molar-refractivity contribution >= 4 is 21.7 Å². The minimum absolute atomic E-state index is 0.135. The smallest absolute Gasteiger partial charge is 0.166 e. The maximum atomic E-state index is 13.5.